The molecule has 0 saturated carbocycles. The van der Waals surface area contributed by atoms with Crippen LogP contribution in [0.2, 0.25) is 0 Å². The summed E-state index contributed by atoms with van der Waals surface area (Å²) in [6.07, 6.45) is 3.22. The van der Waals surface area contributed by atoms with Gasteiger partial charge in [-0.05, 0) is 48.9 Å². The number of H-pyrrole nitrogens is 1. The molecule has 2 aromatic carbocycles. The number of hydrogen-bond acceptors (Lipinski definition) is 5. The largest absolute Gasteiger partial charge is 0.487 e. The third kappa shape index (κ3) is 4.72. The summed E-state index contributed by atoms with van der Waals surface area (Å²) in [5.41, 5.74) is 2.90. The molecule has 1 aliphatic rings. The van der Waals surface area contributed by atoms with E-state index in [1.807, 2.05) is 12.1 Å². The molecular weight excluding hydrogens is 448 g/mol. The van der Waals surface area contributed by atoms with E-state index in [0.717, 1.165) is 35.1 Å². The van der Waals surface area contributed by atoms with Gasteiger partial charge >= 0.3 is 0 Å². The first kappa shape index (κ1) is 20.6. The highest BCUT2D eigenvalue weighted by molar-refractivity contribution is 9.10. The molecule has 156 valence electrons. The molecule has 30 heavy (non-hydrogen) atoms. The number of nitrogens with one attached hydrogen (secondary N) is 2. The van der Waals surface area contributed by atoms with Crippen LogP contribution in [-0.4, -0.2) is 52.4 Å². The number of amides is 1. The Balaban J connectivity index is 1.57. The molecular formula is C22H23BrN4O3. The van der Waals surface area contributed by atoms with Crippen LogP contribution >= 0.6 is 15.9 Å². The first-order valence-corrected chi connectivity index (χ1v) is 10.5. The zero-order chi connectivity index (χ0) is 21.1. The maximum absolute atomic E-state index is 12.7. The van der Waals surface area contributed by atoms with E-state index >= 15 is 0 Å². The fraction of sp³-hybridized carbons (Fsp3) is 0.273. The van der Waals surface area contributed by atoms with Gasteiger partial charge in [-0.1, -0.05) is 34.1 Å². The van der Waals surface area contributed by atoms with Crippen molar-refractivity contribution in [3.63, 3.8) is 0 Å². The molecule has 2 atom stereocenters. The minimum absolute atomic E-state index is 0.0432. The molecule has 1 aromatic heterocycles. The topological polar surface area (TPSA) is 90.5 Å². The summed E-state index contributed by atoms with van der Waals surface area (Å²) >= 11 is 3.35. The normalized spacial score (nSPS) is 17.6. The number of aromatic amines is 1. The number of aliphatic hydroxyl groups excluding tert-OH is 1. The van der Waals surface area contributed by atoms with E-state index in [4.69, 9.17) is 4.74 Å². The number of anilines is 1. The molecule has 2 heterocycles. The fourth-order valence-corrected chi connectivity index (χ4v) is 3.74. The molecule has 7 nitrogen and oxygen atoms in total. The van der Waals surface area contributed by atoms with Gasteiger partial charge in [0.15, 0.2) is 6.10 Å². The number of nitrogens with zero attached hydrogens (tertiary/aromatic N) is 2. The highest BCUT2D eigenvalue weighted by Crippen LogP contribution is 2.33. The molecule has 3 N–H and O–H groups in total. The molecule has 0 aliphatic carbocycles. The van der Waals surface area contributed by atoms with Crippen molar-refractivity contribution in [2.24, 2.45) is 0 Å². The molecule has 2 unspecified atom stereocenters. The predicted octanol–water partition coefficient (Wildman–Crippen LogP) is 3.59. The minimum Gasteiger partial charge on any atom is -0.487 e. The Morgan fingerprint density at radius 2 is 2.10 bits per heavy atom. The summed E-state index contributed by atoms with van der Waals surface area (Å²) in [6.45, 7) is 1.79. The second-order valence-corrected chi connectivity index (χ2v) is 8.35. The maximum Gasteiger partial charge on any atom is 0.257 e. The van der Waals surface area contributed by atoms with Crippen molar-refractivity contribution in [3.05, 3.63) is 64.9 Å². The zero-order valence-corrected chi connectivity index (χ0v) is 18.1. The Kier molecular flexibility index (Phi) is 6.17. The molecule has 0 bridgehead atoms. The number of likely N-dealkylation sites (tertiary alicyclic amines) is 1. The van der Waals surface area contributed by atoms with Crippen molar-refractivity contribution in [3.8, 4) is 16.9 Å². The van der Waals surface area contributed by atoms with Crippen molar-refractivity contribution in [2.45, 2.75) is 18.6 Å². The second-order valence-electron chi connectivity index (χ2n) is 7.43. The van der Waals surface area contributed by atoms with Crippen molar-refractivity contribution in [1.29, 1.82) is 0 Å². The average Bonchev–Trinajstić information content (AvgIpc) is 3.41. The number of halogens is 1. The fourth-order valence-electron chi connectivity index (χ4n) is 3.48. The second kappa shape index (κ2) is 8.99. The molecule has 1 saturated heterocycles. The lowest BCUT2D eigenvalue weighted by molar-refractivity contribution is -0.124. The SMILES string of the molecule is CN1CCC(Oc2cc(-c3cn[nH]c3)ccc2NC(=O)C(O)c2ccc(Br)cc2)C1. The molecule has 3 aromatic rings. The number of aliphatic hydroxyl groups is 1. The van der Waals surface area contributed by atoms with Crippen LogP contribution in [0.4, 0.5) is 5.69 Å². The van der Waals surface area contributed by atoms with Crippen LogP contribution in [0, 0.1) is 0 Å². The maximum atomic E-state index is 12.7. The van der Waals surface area contributed by atoms with Gasteiger partial charge in [-0.15, -0.1) is 0 Å². The van der Waals surface area contributed by atoms with Crippen LogP contribution < -0.4 is 10.1 Å². The van der Waals surface area contributed by atoms with Gasteiger partial charge in [-0.2, -0.15) is 5.10 Å². The molecule has 0 spiro atoms. The quantitative estimate of drug-likeness (QED) is 0.511. The van der Waals surface area contributed by atoms with Crippen molar-refractivity contribution < 1.29 is 14.6 Å². The monoisotopic (exact) mass is 470 g/mol. The first-order valence-electron chi connectivity index (χ1n) is 9.72. The van der Waals surface area contributed by atoms with Crippen molar-refractivity contribution in [1.82, 2.24) is 15.1 Å². The standard InChI is InChI=1S/C22H23BrN4O3/c1-27-9-8-18(13-27)30-20-10-15(16-11-24-25-12-16)4-7-19(20)26-22(29)21(28)14-2-5-17(23)6-3-14/h2-7,10-12,18,21,28H,8-9,13H2,1H3,(H,24,25)(H,26,29). The highest BCUT2D eigenvalue weighted by Gasteiger charge is 2.24. The Hall–Kier alpha value is -2.68. The Morgan fingerprint density at radius 3 is 2.77 bits per heavy atom. The molecule has 4 rings (SSSR count). The van der Waals surface area contributed by atoms with Gasteiger partial charge < -0.3 is 20.1 Å². The predicted molar refractivity (Wildman–Crippen MR) is 118 cm³/mol. The van der Waals surface area contributed by atoms with Gasteiger partial charge in [0.2, 0.25) is 0 Å². The minimum atomic E-state index is -1.28. The van der Waals surface area contributed by atoms with Crippen LogP contribution in [0.25, 0.3) is 11.1 Å². The number of aromatic nitrogens is 2. The number of hydrogen-bond donors (Lipinski definition) is 3. The average molecular weight is 471 g/mol. The third-order valence-corrected chi connectivity index (χ3v) is 5.68. The Morgan fingerprint density at radius 1 is 1.30 bits per heavy atom. The lowest BCUT2D eigenvalue weighted by atomic mass is 10.1. The van der Waals surface area contributed by atoms with E-state index in [1.54, 1.807) is 42.7 Å². The Bertz CT molecular complexity index is 1010. The van der Waals surface area contributed by atoms with E-state index in [0.29, 0.717) is 17.0 Å². The number of carbonyl (C=O) groups excluding carboxylic acids is 1. The lowest BCUT2D eigenvalue weighted by Gasteiger charge is -2.19. The number of benzene rings is 2. The van der Waals surface area contributed by atoms with E-state index in [-0.39, 0.29) is 6.10 Å². The highest BCUT2D eigenvalue weighted by atomic mass is 79.9. The van der Waals surface area contributed by atoms with E-state index in [1.165, 1.54) is 0 Å². The van der Waals surface area contributed by atoms with Crippen LogP contribution in [0.5, 0.6) is 5.75 Å². The van der Waals surface area contributed by atoms with E-state index < -0.39 is 12.0 Å². The molecule has 1 amide bonds. The first-order chi connectivity index (χ1) is 14.5. The van der Waals surface area contributed by atoms with Gasteiger partial charge in [0, 0.05) is 29.3 Å². The Labute approximate surface area is 183 Å². The summed E-state index contributed by atoms with van der Waals surface area (Å²) < 4.78 is 7.12. The lowest BCUT2D eigenvalue weighted by Crippen LogP contribution is -2.24. The number of likely N-dealkylation sites (N-methyl/N-ethyl adjacent to an activating group) is 1. The summed E-state index contributed by atoms with van der Waals surface area (Å²) in [5.74, 6) is 0.0622. The summed E-state index contributed by atoms with van der Waals surface area (Å²) in [6, 6.07) is 12.6. The van der Waals surface area contributed by atoms with Gasteiger partial charge in [0.05, 0.1) is 11.9 Å². The van der Waals surface area contributed by atoms with Gasteiger partial charge in [0.1, 0.15) is 11.9 Å². The van der Waals surface area contributed by atoms with E-state index in [9.17, 15) is 9.90 Å². The zero-order valence-electron chi connectivity index (χ0n) is 16.5. The number of ether oxygens (including phenoxy) is 1. The van der Waals surface area contributed by atoms with Crippen molar-refractivity contribution in [2.75, 3.05) is 25.5 Å². The van der Waals surface area contributed by atoms with Gasteiger partial charge in [-0.3, -0.25) is 9.89 Å². The molecule has 1 fully saturated rings. The number of carbonyl (C=O) groups is 1. The van der Waals surface area contributed by atoms with Crippen LogP contribution in [0.15, 0.2) is 59.3 Å². The molecule has 8 heteroatoms. The summed E-state index contributed by atoms with van der Waals surface area (Å²) in [5, 5.41) is 20.1. The van der Waals surface area contributed by atoms with Crippen molar-refractivity contribution >= 4 is 27.5 Å². The number of rotatable bonds is 6. The van der Waals surface area contributed by atoms with Gasteiger partial charge in [0.25, 0.3) is 5.91 Å². The van der Waals surface area contributed by atoms with Gasteiger partial charge in [-0.25, -0.2) is 0 Å². The van der Waals surface area contributed by atoms with E-state index in [2.05, 4.69) is 43.4 Å². The van der Waals surface area contributed by atoms with Crippen LogP contribution in [0.1, 0.15) is 18.1 Å². The molecule has 0 radical (unpaired) electrons. The summed E-state index contributed by atoms with van der Waals surface area (Å²) in [7, 11) is 2.06. The third-order valence-electron chi connectivity index (χ3n) is 5.15. The smallest absolute Gasteiger partial charge is 0.257 e. The summed E-state index contributed by atoms with van der Waals surface area (Å²) in [4.78, 5) is 14.9. The van der Waals surface area contributed by atoms with Crippen LogP contribution in [0.3, 0.4) is 0 Å². The molecule has 1 aliphatic heterocycles. The van der Waals surface area contributed by atoms with Crippen LogP contribution in [-0.2, 0) is 4.79 Å².